The van der Waals surface area contributed by atoms with Crippen molar-refractivity contribution in [3.05, 3.63) is 35.8 Å². The molecule has 0 bridgehead atoms. The molecule has 0 aromatic carbocycles. The van der Waals surface area contributed by atoms with Gasteiger partial charge in [-0.1, -0.05) is 6.07 Å². The zero-order chi connectivity index (χ0) is 12.7. The Morgan fingerprint density at radius 3 is 2.94 bits per heavy atom. The van der Waals surface area contributed by atoms with E-state index in [4.69, 9.17) is 5.11 Å². The average Bonchev–Trinajstić information content (AvgIpc) is 2.93. The number of nitrogens with zero attached hydrogens (tertiary/aromatic N) is 3. The molecule has 3 rings (SSSR count). The molecule has 1 N–H and O–H groups in total. The second-order valence-electron chi connectivity index (χ2n) is 4.80. The zero-order valence-electron chi connectivity index (χ0n) is 10.2. The number of aromatic nitrogens is 2. The molecule has 0 aliphatic carbocycles. The number of fused-ring (bicyclic) bond motifs is 1. The maximum absolute atomic E-state index is 10.9. The van der Waals surface area contributed by atoms with Crippen LogP contribution in [0.15, 0.2) is 24.5 Å². The van der Waals surface area contributed by atoms with Crippen molar-refractivity contribution in [2.75, 3.05) is 13.6 Å². The average molecular weight is 245 g/mol. The number of rotatable bonds is 2. The lowest BCUT2D eigenvalue weighted by Gasteiger charge is -2.19. The first-order valence-electron chi connectivity index (χ1n) is 6.07. The van der Waals surface area contributed by atoms with E-state index in [1.807, 2.05) is 18.3 Å². The normalized spacial score (nSPS) is 20.6. The first-order valence-corrected chi connectivity index (χ1v) is 6.07. The van der Waals surface area contributed by atoms with E-state index < -0.39 is 5.97 Å². The molecule has 5 nitrogen and oxygen atoms in total. The second kappa shape index (κ2) is 4.10. The van der Waals surface area contributed by atoms with E-state index in [-0.39, 0.29) is 5.69 Å². The molecular weight excluding hydrogens is 230 g/mol. The highest BCUT2D eigenvalue weighted by Crippen LogP contribution is 2.30. The molecule has 94 valence electrons. The summed E-state index contributed by atoms with van der Waals surface area (Å²) in [6.07, 6.45) is 5.92. The van der Waals surface area contributed by atoms with E-state index in [1.165, 1.54) is 12.0 Å². The molecule has 3 heterocycles. The lowest BCUT2D eigenvalue weighted by Crippen LogP contribution is -2.17. The molecule has 5 heteroatoms. The highest BCUT2D eigenvalue weighted by molar-refractivity contribution is 5.86. The molecule has 0 amide bonds. The van der Waals surface area contributed by atoms with Crippen molar-refractivity contribution in [3.63, 3.8) is 0 Å². The smallest absolute Gasteiger partial charge is 0.356 e. The number of hydrogen-bond donors (Lipinski definition) is 1. The molecule has 1 fully saturated rings. The largest absolute Gasteiger partial charge is 0.476 e. The molecule has 1 aliphatic heterocycles. The van der Waals surface area contributed by atoms with Gasteiger partial charge in [-0.2, -0.15) is 0 Å². The van der Waals surface area contributed by atoms with Gasteiger partial charge in [-0.25, -0.2) is 9.78 Å². The zero-order valence-corrected chi connectivity index (χ0v) is 10.2. The van der Waals surface area contributed by atoms with E-state index in [0.29, 0.717) is 11.7 Å². The Bertz CT molecular complexity index is 605. The number of carboxylic acids is 1. The molecule has 2 aromatic heterocycles. The number of hydrogen-bond acceptors (Lipinski definition) is 3. The van der Waals surface area contributed by atoms with Gasteiger partial charge in [-0.05, 0) is 38.1 Å². The maximum atomic E-state index is 10.9. The molecule has 1 aliphatic rings. The Morgan fingerprint density at radius 1 is 1.44 bits per heavy atom. The molecule has 18 heavy (non-hydrogen) atoms. The van der Waals surface area contributed by atoms with Crippen LogP contribution in [0.5, 0.6) is 0 Å². The van der Waals surface area contributed by atoms with Gasteiger partial charge in [0.2, 0.25) is 0 Å². The van der Waals surface area contributed by atoms with Crippen molar-refractivity contribution < 1.29 is 9.90 Å². The van der Waals surface area contributed by atoms with Crippen molar-refractivity contribution in [3.8, 4) is 0 Å². The van der Waals surface area contributed by atoms with Gasteiger partial charge < -0.3 is 9.51 Å². The SMILES string of the molecule is CN1CCCC1c1ccc2nc(C(=O)O)cn2c1. The van der Waals surface area contributed by atoms with Crippen LogP contribution in [0.3, 0.4) is 0 Å². The third-order valence-electron chi connectivity index (χ3n) is 3.60. The van der Waals surface area contributed by atoms with E-state index in [1.54, 1.807) is 10.6 Å². The molecule has 0 spiro atoms. The molecular formula is C13H15N3O2. The molecule has 1 saturated heterocycles. The van der Waals surface area contributed by atoms with Crippen LogP contribution >= 0.6 is 0 Å². The Labute approximate surface area is 105 Å². The fourth-order valence-electron chi connectivity index (χ4n) is 2.64. The van der Waals surface area contributed by atoms with Gasteiger partial charge >= 0.3 is 5.97 Å². The summed E-state index contributed by atoms with van der Waals surface area (Å²) in [7, 11) is 2.12. The molecule has 1 atom stereocenters. The Balaban J connectivity index is 2.02. The summed E-state index contributed by atoms with van der Waals surface area (Å²) in [5.41, 5.74) is 1.99. The van der Waals surface area contributed by atoms with Gasteiger partial charge in [0.05, 0.1) is 0 Å². The number of aromatic carboxylic acids is 1. The highest BCUT2D eigenvalue weighted by Gasteiger charge is 2.23. The maximum Gasteiger partial charge on any atom is 0.356 e. The summed E-state index contributed by atoms with van der Waals surface area (Å²) >= 11 is 0. The predicted octanol–water partition coefficient (Wildman–Crippen LogP) is 1.80. The number of carbonyl (C=O) groups is 1. The second-order valence-corrected chi connectivity index (χ2v) is 4.80. The van der Waals surface area contributed by atoms with Crippen molar-refractivity contribution in [1.82, 2.24) is 14.3 Å². The lowest BCUT2D eigenvalue weighted by atomic mass is 10.1. The Hall–Kier alpha value is -1.88. The minimum Gasteiger partial charge on any atom is -0.476 e. The number of pyridine rings is 1. The van der Waals surface area contributed by atoms with Crippen LogP contribution in [0.4, 0.5) is 0 Å². The Kier molecular flexibility index (Phi) is 2.56. The van der Waals surface area contributed by atoms with Crippen molar-refractivity contribution in [2.24, 2.45) is 0 Å². The highest BCUT2D eigenvalue weighted by atomic mass is 16.4. The van der Waals surface area contributed by atoms with Crippen LogP contribution in [0.2, 0.25) is 0 Å². The summed E-state index contributed by atoms with van der Waals surface area (Å²) < 4.78 is 1.80. The van der Waals surface area contributed by atoms with Crippen molar-refractivity contribution in [2.45, 2.75) is 18.9 Å². The first kappa shape index (κ1) is 11.2. The van der Waals surface area contributed by atoms with Crippen LogP contribution in [-0.4, -0.2) is 39.0 Å². The Morgan fingerprint density at radius 2 is 2.28 bits per heavy atom. The van der Waals surface area contributed by atoms with E-state index >= 15 is 0 Å². The van der Waals surface area contributed by atoms with Gasteiger partial charge in [-0.3, -0.25) is 4.90 Å². The molecule has 2 aromatic rings. The molecule has 0 saturated carbocycles. The number of imidazole rings is 1. The van der Waals surface area contributed by atoms with Gasteiger partial charge in [0, 0.05) is 18.4 Å². The molecule has 1 unspecified atom stereocenters. The summed E-state index contributed by atoms with van der Waals surface area (Å²) in [5.74, 6) is -0.988. The summed E-state index contributed by atoms with van der Waals surface area (Å²) in [4.78, 5) is 17.3. The molecule has 0 radical (unpaired) electrons. The van der Waals surface area contributed by atoms with E-state index in [9.17, 15) is 4.79 Å². The number of carboxylic acid groups (broad SMARTS) is 1. The third-order valence-corrected chi connectivity index (χ3v) is 3.60. The fourth-order valence-corrected chi connectivity index (χ4v) is 2.64. The van der Waals surface area contributed by atoms with Crippen LogP contribution < -0.4 is 0 Å². The van der Waals surface area contributed by atoms with Gasteiger partial charge in [0.1, 0.15) is 5.65 Å². The monoisotopic (exact) mass is 245 g/mol. The minimum absolute atomic E-state index is 0.0897. The summed E-state index contributed by atoms with van der Waals surface area (Å²) in [6.45, 7) is 1.12. The first-order chi connectivity index (χ1) is 8.65. The topological polar surface area (TPSA) is 57.8 Å². The lowest BCUT2D eigenvalue weighted by molar-refractivity contribution is 0.0691. The number of likely N-dealkylation sites (tertiary alicyclic amines) is 1. The quantitative estimate of drug-likeness (QED) is 0.876. The standard InChI is InChI=1S/C13H15N3O2/c1-15-6-2-3-11(15)9-4-5-12-14-10(13(17)18)8-16(12)7-9/h4-5,7-8,11H,2-3,6H2,1H3,(H,17,18). The summed E-state index contributed by atoms with van der Waals surface area (Å²) in [6, 6.07) is 4.36. The van der Waals surface area contributed by atoms with Crippen molar-refractivity contribution >= 4 is 11.6 Å². The van der Waals surface area contributed by atoms with Crippen LogP contribution in [0.25, 0.3) is 5.65 Å². The van der Waals surface area contributed by atoms with Crippen LogP contribution in [-0.2, 0) is 0 Å². The van der Waals surface area contributed by atoms with Crippen LogP contribution in [0, 0.1) is 0 Å². The predicted molar refractivity (Wildman–Crippen MR) is 66.8 cm³/mol. The van der Waals surface area contributed by atoms with Gasteiger partial charge in [-0.15, -0.1) is 0 Å². The summed E-state index contributed by atoms with van der Waals surface area (Å²) in [5, 5.41) is 8.92. The third kappa shape index (κ3) is 1.76. The fraction of sp³-hybridized carbons (Fsp3) is 0.385. The van der Waals surface area contributed by atoms with E-state index in [0.717, 1.165) is 13.0 Å². The van der Waals surface area contributed by atoms with Gasteiger partial charge in [0.15, 0.2) is 5.69 Å². The van der Waals surface area contributed by atoms with E-state index in [2.05, 4.69) is 16.9 Å². The van der Waals surface area contributed by atoms with Crippen LogP contribution in [0.1, 0.15) is 34.9 Å². The van der Waals surface area contributed by atoms with Gasteiger partial charge in [0.25, 0.3) is 0 Å². The minimum atomic E-state index is -0.988. The van der Waals surface area contributed by atoms with Crippen molar-refractivity contribution in [1.29, 1.82) is 0 Å².